The summed E-state index contributed by atoms with van der Waals surface area (Å²) in [5.41, 5.74) is 2.38. The Morgan fingerprint density at radius 1 is 1.18 bits per heavy atom. The average molecular weight is 504 g/mol. The lowest BCUT2D eigenvalue weighted by molar-refractivity contribution is -0.143. The maximum Gasteiger partial charge on any atom is 0.338 e. The number of halogens is 2. The first-order chi connectivity index (χ1) is 16.3. The molecule has 34 heavy (non-hydrogen) atoms. The molecule has 3 aromatic rings. The van der Waals surface area contributed by atoms with E-state index in [-0.39, 0.29) is 12.7 Å². The molecule has 0 bridgehead atoms. The van der Waals surface area contributed by atoms with Crippen LogP contribution < -0.4 is 14.8 Å². The molecule has 0 radical (unpaired) electrons. The van der Waals surface area contributed by atoms with Gasteiger partial charge in [-0.3, -0.25) is 0 Å². The molecule has 0 spiro atoms. The predicted octanol–water partition coefficient (Wildman–Crippen LogP) is 4.81. The molecule has 0 saturated carbocycles. The highest BCUT2D eigenvalue weighted by atomic mass is 35.5. The number of fused-ring (bicyclic) bond motifs is 1. The Balaban J connectivity index is 1.69. The van der Waals surface area contributed by atoms with E-state index in [9.17, 15) is 4.79 Å². The molecular formula is C23H23Cl2N5O4. The third kappa shape index (κ3) is 4.67. The molecule has 1 N–H and O–H groups in total. The molecule has 178 valence electrons. The number of methoxy groups -OCH3 is 1. The van der Waals surface area contributed by atoms with Crippen LogP contribution in [0.2, 0.25) is 10.0 Å². The normalized spacial score (nSPS) is 15.1. The Morgan fingerprint density at radius 3 is 2.59 bits per heavy atom. The molecular weight excluding hydrogens is 481 g/mol. The van der Waals surface area contributed by atoms with Crippen LogP contribution in [0.25, 0.3) is 0 Å². The number of ether oxygens (including phenoxy) is 3. The van der Waals surface area contributed by atoms with E-state index in [0.29, 0.717) is 49.9 Å². The number of benzene rings is 2. The van der Waals surface area contributed by atoms with Crippen molar-refractivity contribution in [3.8, 4) is 11.5 Å². The number of carbonyl (C=O) groups excluding carboxylic acids is 1. The standard InChI is InChI=1S/C23H23Cl2N5O4/c1-12(2)34-22(31)20-13(3)26-23-27-28-29-30(23)21(20)14-8-9-18(19(10-14)32-4)33-11-15-16(24)6-5-7-17(15)25/h5-10,12,21H,11H2,1-4H3,(H,26,27,29). The van der Waals surface area contributed by atoms with Gasteiger partial charge in [0, 0.05) is 21.3 Å². The Hall–Kier alpha value is -3.30. The molecule has 1 unspecified atom stereocenters. The summed E-state index contributed by atoms with van der Waals surface area (Å²) in [6.45, 7) is 5.53. The zero-order chi connectivity index (χ0) is 24.4. The van der Waals surface area contributed by atoms with Gasteiger partial charge in [-0.05, 0) is 61.0 Å². The quantitative estimate of drug-likeness (QED) is 0.458. The molecule has 4 rings (SSSR count). The van der Waals surface area contributed by atoms with Crippen molar-refractivity contribution in [1.29, 1.82) is 0 Å². The molecule has 9 nitrogen and oxygen atoms in total. The van der Waals surface area contributed by atoms with Crippen molar-refractivity contribution in [2.45, 2.75) is 39.5 Å². The van der Waals surface area contributed by atoms with Gasteiger partial charge in [-0.15, -0.1) is 0 Å². The van der Waals surface area contributed by atoms with E-state index in [1.54, 1.807) is 51.1 Å². The minimum absolute atomic E-state index is 0.156. The fourth-order valence-electron chi connectivity index (χ4n) is 3.66. The van der Waals surface area contributed by atoms with E-state index >= 15 is 0 Å². The maximum absolute atomic E-state index is 13.0. The van der Waals surface area contributed by atoms with E-state index in [1.165, 1.54) is 11.8 Å². The highest BCUT2D eigenvalue weighted by Crippen LogP contribution is 2.39. The van der Waals surface area contributed by atoms with Crippen LogP contribution in [-0.4, -0.2) is 39.4 Å². The van der Waals surface area contributed by atoms with Crippen molar-refractivity contribution >= 4 is 35.1 Å². The van der Waals surface area contributed by atoms with Crippen LogP contribution >= 0.6 is 23.2 Å². The SMILES string of the molecule is COc1cc(C2C(C(=O)OC(C)C)=C(C)Nc3nnnn32)ccc1OCc1c(Cl)cccc1Cl. The van der Waals surface area contributed by atoms with Crippen LogP contribution in [0.15, 0.2) is 47.7 Å². The largest absolute Gasteiger partial charge is 0.493 e. The topological polar surface area (TPSA) is 100 Å². The van der Waals surface area contributed by atoms with Gasteiger partial charge in [0.25, 0.3) is 0 Å². The van der Waals surface area contributed by atoms with Gasteiger partial charge in [0.1, 0.15) is 12.6 Å². The summed E-state index contributed by atoms with van der Waals surface area (Å²) < 4.78 is 18.6. The third-order valence-corrected chi connectivity index (χ3v) is 5.92. The predicted molar refractivity (Wildman–Crippen MR) is 127 cm³/mol. The number of carbonyl (C=O) groups is 1. The second kappa shape index (κ2) is 9.90. The van der Waals surface area contributed by atoms with Gasteiger partial charge in [-0.2, -0.15) is 4.68 Å². The summed E-state index contributed by atoms with van der Waals surface area (Å²) in [7, 11) is 1.54. The molecule has 0 aliphatic carbocycles. The molecule has 0 saturated heterocycles. The van der Waals surface area contributed by atoms with Crippen LogP contribution in [-0.2, 0) is 16.1 Å². The number of anilines is 1. The number of allylic oxidation sites excluding steroid dienone is 1. The molecule has 11 heteroatoms. The van der Waals surface area contributed by atoms with Gasteiger partial charge in [-0.25, -0.2) is 4.79 Å². The van der Waals surface area contributed by atoms with Crippen LogP contribution in [0, 0.1) is 0 Å². The van der Waals surface area contributed by atoms with Crippen LogP contribution in [0.3, 0.4) is 0 Å². The number of esters is 1. The molecule has 0 amide bonds. The fraction of sp³-hybridized carbons (Fsp3) is 0.304. The molecule has 2 heterocycles. The Morgan fingerprint density at radius 2 is 1.91 bits per heavy atom. The molecule has 0 fully saturated rings. The Kier molecular flexibility index (Phi) is 6.95. The number of rotatable bonds is 7. The zero-order valence-electron chi connectivity index (χ0n) is 19.0. The van der Waals surface area contributed by atoms with Crippen molar-refractivity contribution in [3.05, 3.63) is 68.8 Å². The van der Waals surface area contributed by atoms with Crippen LogP contribution in [0.5, 0.6) is 11.5 Å². The lowest BCUT2D eigenvalue weighted by Crippen LogP contribution is -2.30. The van der Waals surface area contributed by atoms with Crippen molar-refractivity contribution in [1.82, 2.24) is 20.2 Å². The second-order valence-corrected chi connectivity index (χ2v) is 8.68. The number of aromatic nitrogens is 4. The number of hydrogen-bond acceptors (Lipinski definition) is 8. The van der Waals surface area contributed by atoms with E-state index in [4.69, 9.17) is 37.4 Å². The van der Waals surface area contributed by atoms with Crippen molar-refractivity contribution in [3.63, 3.8) is 0 Å². The summed E-state index contributed by atoms with van der Waals surface area (Å²) in [5, 5.41) is 15.9. The lowest BCUT2D eigenvalue weighted by Gasteiger charge is -2.28. The van der Waals surface area contributed by atoms with Crippen LogP contribution in [0.1, 0.15) is 37.9 Å². The minimum atomic E-state index is -0.626. The summed E-state index contributed by atoms with van der Waals surface area (Å²) in [4.78, 5) is 13.0. The number of tetrazole rings is 1. The van der Waals surface area contributed by atoms with E-state index in [0.717, 1.165) is 0 Å². The average Bonchev–Trinajstić information content (AvgIpc) is 3.25. The first-order valence-electron chi connectivity index (χ1n) is 10.5. The number of hydrogen-bond donors (Lipinski definition) is 1. The maximum atomic E-state index is 13.0. The Bertz CT molecular complexity index is 1240. The lowest BCUT2D eigenvalue weighted by atomic mass is 9.95. The summed E-state index contributed by atoms with van der Waals surface area (Å²) >= 11 is 12.5. The Labute approximate surface area is 206 Å². The molecule has 1 aliphatic heterocycles. The summed E-state index contributed by atoms with van der Waals surface area (Å²) in [6.07, 6.45) is -0.286. The first kappa shape index (κ1) is 23.8. The third-order valence-electron chi connectivity index (χ3n) is 5.21. The van der Waals surface area contributed by atoms with Gasteiger partial charge in [0.05, 0.1) is 18.8 Å². The van der Waals surface area contributed by atoms with Gasteiger partial charge >= 0.3 is 5.97 Å². The molecule has 2 aromatic carbocycles. The monoisotopic (exact) mass is 503 g/mol. The van der Waals surface area contributed by atoms with E-state index in [1.807, 2.05) is 6.07 Å². The fourth-order valence-corrected chi connectivity index (χ4v) is 4.16. The van der Waals surface area contributed by atoms with E-state index in [2.05, 4.69) is 20.8 Å². The van der Waals surface area contributed by atoms with Crippen molar-refractivity contribution in [2.75, 3.05) is 12.4 Å². The molecule has 1 atom stereocenters. The first-order valence-corrected chi connectivity index (χ1v) is 11.3. The molecule has 1 aromatic heterocycles. The molecule has 1 aliphatic rings. The zero-order valence-corrected chi connectivity index (χ0v) is 20.5. The summed E-state index contributed by atoms with van der Waals surface area (Å²) in [5.74, 6) is 0.901. The van der Waals surface area contributed by atoms with Gasteiger partial charge < -0.3 is 19.5 Å². The van der Waals surface area contributed by atoms with Gasteiger partial charge in [-0.1, -0.05) is 40.4 Å². The van der Waals surface area contributed by atoms with Crippen LogP contribution in [0.4, 0.5) is 5.95 Å². The minimum Gasteiger partial charge on any atom is -0.493 e. The summed E-state index contributed by atoms with van der Waals surface area (Å²) in [6, 6.07) is 10.0. The van der Waals surface area contributed by atoms with Crippen molar-refractivity contribution < 1.29 is 19.0 Å². The van der Waals surface area contributed by atoms with Gasteiger partial charge in [0.15, 0.2) is 11.5 Å². The van der Waals surface area contributed by atoms with E-state index < -0.39 is 12.0 Å². The van der Waals surface area contributed by atoms with Crippen molar-refractivity contribution in [2.24, 2.45) is 0 Å². The smallest absolute Gasteiger partial charge is 0.338 e. The number of nitrogens with one attached hydrogen (secondary N) is 1. The van der Waals surface area contributed by atoms with Gasteiger partial charge in [0.2, 0.25) is 5.95 Å². The number of nitrogens with zero attached hydrogens (tertiary/aromatic N) is 4. The highest BCUT2D eigenvalue weighted by molar-refractivity contribution is 6.35. The highest BCUT2D eigenvalue weighted by Gasteiger charge is 2.35. The second-order valence-electron chi connectivity index (χ2n) is 7.87.